The van der Waals surface area contributed by atoms with E-state index in [2.05, 4.69) is 6.07 Å². The summed E-state index contributed by atoms with van der Waals surface area (Å²) in [5, 5.41) is 10.6. The first-order chi connectivity index (χ1) is 16.5. The van der Waals surface area contributed by atoms with Gasteiger partial charge >= 0.3 is 5.97 Å². The summed E-state index contributed by atoms with van der Waals surface area (Å²) in [7, 11) is 0. The number of allylic oxidation sites excluding steroid dienone is 1. The molecule has 7 heteroatoms. The molecule has 1 aliphatic rings. The van der Waals surface area contributed by atoms with Gasteiger partial charge in [0.1, 0.15) is 28.7 Å². The normalized spacial score (nSPS) is 14.9. The zero-order valence-electron chi connectivity index (χ0n) is 18.5. The summed E-state index contributed by atoms with van der Waals surface area (Å²) in [5.74, 6) is -0.0828. The molecule has 1 atom stereocenters. The number of carbonyl (C=O) groups is 1. The summed E-state index contributed by atoms with van der Waals surface area (Å²) in [4.78, 5) is 14.0. The number of nitriles is 1. The van der Waals surface area contributed by atoms with Gasteiger partial charge in [-0.2, -0.15) is 5.26 Å². The molecule has 0 radical (unpaired) electrons. The van der Waals surface area contributed by atoms with Gasteiger partial charge in [0.25, 0.3) is 0 Å². The molecule has 1 aromatic heterocycles. The lowest BCUT2D eigenvalue weighted by molar-refractivity contribution is 0.0702. The van der Waals surface area contributed by atoms with Crippen LogP contribution >= 0.6 is 11.8 Å². The van der Waals surface area contributed by atoms with Crippen LogP contribution in [0.25, 0.3) is 11.0 Å². The molecule has 5 rings (SSSR count). The molecule has 0 bridgehead atoms. The van der Waals surface area contributed by atoms with Crippen LogP contribution in [0, 0.1) is 18.3 Å². The molecule has 0 aliphatic carbocycles. The van der Waals surface area contributed by atoms with Gasteiger partial charge in [-0.05, 0) is 43.0 Å². The molecule has 2 N–H and O–H groups in total. The SMILES string of the molecule is CSc1ccc(C2C(C#N)=C(N)Oc3cc(OC(=O)c4oc5ccccc5c4C)ccc32)cc1. The second-order valence-electron chi connectivity index (χ2n) is 7.84. The van der Waals surface area contributed by atoms with Crippen molar-refractivity contribution in [3.8, 4) is 17.6 Å². The number of carbonyl (C=O) groups excluding carboxylic acids is 1. The van der Waals surface area contributed by atoms with Gasteiger partial charge in [0.2, 0.25) is 11.6 Å². The van der Waals surface area contributed by atoms with Gasteiger partial charge in [-0.1, -0.05) is 36.4 Å². The molecule has 1 unspecified atom stereocenters. The third kappa shape index (κ3) is 3.68. The average molecular weight is 469 g/mol. The summed E-state index contributed by atoms with van der Waals surface area (Å²) in [6.45, 7) is 1.82. The van der Waals surface area contributed by atoms with Crippen molar-refractivity contribution >= 4 is 28.7 Å². The molecular formula is C27H20N2O4S. The summed E-state index contributed by atoms with van der Waals surface area (Å²) in [6, 6.07) is 22.7. The molecule has 0 fully saturated rings. The standard InChI is InChI=1S/C27H20N2O4S/c1-15-19-5-3-4-6-22(19)32-25(15)27(30)31-17-9-12-20-23(13-17)33-26(29)21(14-28)24(20)16-7-10-18(34-2)11-8-16/h3-13,24H,29H2,1-2H3. The van der Waals surface area contributed by atoms with Gasteiger partial charge in [-0.25, -0.2) is 4.79 Å². The molecule has 0 amide bonds. The van der Waals surface area contributed by atoms with Gasteiger partial charge in [0.15, 0.2) is 0 Å². The van der Waals surface area contributed by atoms with Crippen molar-refractivity contribution in [1.82, 2.24) is 0 Å². The highest BCUT2D eigenvalue weighted by atomic mass is 32.2. The summed E-state index contributed by atoms with van der Waals surface area (Å²) >= 11 is 1.64. The van der Waals surface area contributed by atoms with E-state index in [0.717, 1.165) is 27.0 Å². The lowest BCUT2D eigenvalue weighted by atomic mass is 9.83. The maximum absolute atomic E-state index is 12.8. The van der Waals surface area contributed by atoms with Crippen LogP contribution in [-0.4, -0.2) is 12.2 Å². The number of nitrogens with two attached hydrogens (primary N) is 1. The number of rotatable bonds is 4. The van der Waals surface area contributed by atoms with Gasteiger partial charge in [-0.3, -0.25) is 0 Å². The Hall–Kier alpha value is -4.15. The topological polar surface area (TPSA) is 98.5 Å². The molecule has 1 aliphatic heterocycles. The van der Waals surface area contributed by atoms with Crippen LogP contribution in [-0.2, 0) is 0 Å². The van der Waals surface area contributed by atoms with Crippen molar-refractivity contribution in [1.29, 1.82) is 5.26 Å². The summed E-state index contributed by atoms with van der Waals surface area (Å²) in [5.41, 5.74) is 9.47. The van der Waals surface area contributed by atoms with E-state index in [0.29, 0.717) is 16.9 Å². The van der Waals surface area contributed by atoms with E-state index in [-0.39, 0.29) is 23.3 Å². The number of furan rings is 1. The number of benzene rings is 3. The number of nitrogens with zero attached hydrogens (tertiary/aromatic N) is 1. The Bertz CT molecular complexity index is 1500. The van der Waals surface area contributed by atoms with Gasteiger partial charge < -0.3 is 19.6 Å². The van der Waals surface area contributed by atoms with Crippen molar-refractivity contribution in [2.24, 2.45) is 5.73 Å². The molecule has 3 aromatic carbocycles. The fourth-order valence-electron chi connectivity index (χ4n) is 4.16. The second kappa shape index (κ2) is 8.65. The molecule has 0 saturated heterocycles. The molecule has 6 nitrogen and oxygen atoms in total. The highest BCUT2D eigenvalue weighted by Crippen LogP contribution is 2.43. The lowest BCUT2D eigenvalue weighted by Crippen LogP contribution is -2.21. The number of fused-ring (bicyclic) bond motifs is 2. The Morgan fingerprint density at radius 3 is 2.59 bits per heavy atom. The zero-order valence-corrected chi connectivity index (χ0v) is 19.3. The zero-order chi connectivity index (χ0) is 23.8. The minimum atomic E-state index is -0.602. The van der Waals surface area contributed by atoms with Gasteiger partial charge in [0.05, 0.1) is 5.92 Å². The third-order valence-electron chi connectivity index (χ3n) is 5.88. The quantitative estimate of drug-likeness (QED) is 0.226. The highest BCUT2D eigenvalue weighted by molar-refractivity contribution is 7.98. The fourth-order valence-corrected chi connectivity index (χ4v) is 4.57. The Balaban J connectivity index is 1.48. The highest BCUT2D eigenvalue weighted by Gasteiger charge is 2.31. The first-order valence-corrected chi connectivity index (χ1v) is 11.8. The number of hydrogen-bond acceptors (Lipinski definition) is 7. The maximum Gasteiger partial charge on any atom is 0.379 e. The monoisotopic (exact) mass is 468 g/mol. The summed E-state index contributed by atoms with van der Waals surface area (Å²) in [6.07, 6.45) is 2.01. The minimum absolute atomic E-state index is 0.0329. The Labute approximate surface area is 200 Å². The molecule has 34 heavy (non-hydrogen) atoms. The Kier molecular flexibility index (Phi) is 5.52. The molecule has 4 aromatic rings. The number of thioether (sulfide) groups is 1. The van der Waals surface area contributed by atoms with Crippen molar-refractivity contribution in [2.75, 3.05) is 6.26 Å². The van der Waals surface area contributed by atoms with Crippen molar-refractivity contribution < 1.29 is 18.7 Å². The first-order valence-electron chi connectivity index (χ1n) is 10.6. The number of ether oxygens (including phenoxy) is 2. The van der Waals surface area contributed by atoms with Crippen LogP contribution in [0.5, 0.6) is 11.5 Å². The Morgan fingerprint density at radius 1 is 1.12 bits per heavy atom. The van der Waals surface area contributed by atoms with Crippen LogP contribution in [0.4, 0.5) is 0 Å². The average Bonchev–Trinajstić information content (AvgIpc) is 3.20. The summed E-state index contributed by atoms with van der Waals surface area (Å²) < 4.78 is 17.1. The minimum Gasteiger partial charge on any atom is -0.449 e. The van der Waals surface area contributed by atoms with E-state index in [1.807, 2.05) is 55.6 Å². The number of aryl methyl sites for hydroxylation is 1. The van der Waals surface area contributed by atoms with E-state index in [9.17, 15) is 10.1 Å². The number of para-hydroxylation sites is 1. The fraction of sp³-hybridized carbons (Fsp3) is 0.111. The van der Waals surface area contributed by atoms with Crippen molar-refractivity contribution in [3.63, 3.8) is 0 Å². The van der Waals surface area contributed by atoms with E-state index in [1.165, 1.54) is 0 Å². The largest absolute Gasteiger partial charge is 0.449 e. The molecule has 0 spiro atoms. The van der Waals surface area contributed by atoms with Crippen LogP contribution in [0.2, 0.25) is 0 Å². The van der Waals surface area contributed by atoms with Crippen LogP contribution < -0.4 is 15.2 Å². The van der Waals surface area contributed by atoms with Gasteiger partial charge in [-0.15, -0.1) is 11.8 Å². The van der Waals surface area contributed by atoms with Crippen LogP contribution in [0.15, 0.2) is 87.5 Å². The van der Waals surface area contributed by atoms with Gasteiger partial charge in [0, 0.05) is 27.5 Å². The smallest absolute Gasteiger partial charge is 0.379 e. The molecule has 0 saturated carbocycles. The van der Waals surface area contributed by atoms with E-state index < -0.39 is 5.97 Å². The van der Waals surface area contributed by atoms with Crippen molar-refractivity contribution in [2.45, 2.75) is 17.7 Å². The molecular weight excluding hydrogens is 448 g/mol. The van der Waals surface area contributed by atoms with E-state index in [1.54, 1.807) is 36.0 Å². The second-order valence-corrected chi connectivity index (χ2v) is 8.72. The number of esters is 1. The molecule has 2 heterocycles. The van der Waals surface area contributed by atoms with Crippen LogP contribution in [0.3, 0.4) is 0 Å². The van der Waals surface area contributed by atoms with Crippen LogP contribution in [0.1, 0.15) is 33.2 Å². The van der Waals surface area contributed by atoms with E-state index >= 15 is 0 Å². The third-order valence-corrected chi connectivity index (χ3v) is 6.62. The van der Waals surface area contributed by atoms with E-state index in [4.69, 9.17) is 19.6 Å². The Morgan fingerprint density at radius 2 is 1.88 bits per heavy atom. The number of hydrogen-bond donors (Lipinski definition) is 1. The van der Waals surface area contributed by atoms with Crippen molar-refractivity contribution in [3.05, 3.63) is 101 Å². The maximum atomic E-state index is 12.8. The predicted octanol–water partition coefficient (Wildman–Crippen LogP) is 5.90. The molecule has 168 valence electrons. The lowest BCUT2D eigenvalue weighted by Gasteiger charge is -2.26. The predicted molar refractivity (Wildman–Crippen MR) is 130 cm³/mol. The first kappa shape index (κ1) is 21.7.